The lowest BCUT2D eigenvalue weighted by Gasteiger charge is -2.08. The number of hydrogen-bond donors (Lipinski definition) is 0. The predicted molar refractivity (Wildman–Crippen MR) is 67.7 cm³/mol. The van der Waals surface area contributed by atoms with Crippen LogP contribution in [0.1, 0.15) is 5.56 Å². The normalized spacial score (nSPS) is 9.89. The number of nitriles is 1. The summed E-state index contributed by atoms with van der Waals surface area (Å²) < 4.78 is 18.4. The molecule has 0 bridgehead atoms. The molecular formula is C13H6Cl2FNO. The summed E-state index contributed by atoms with van der Waals surface area (Å²) in [5.74, 6) is 0.100. The van der Waals surface area contributed by atoms with E-state index in [1.165, 1.54) is 24.3 Å². The zero-order valence-corrected chi connectivity index (χ0v) is 10.5. The molecule has 0 amide bonds. The largest absolute Gasteiger partial charge is 0.456 e. The third kappa shape index (κ3) is 2.73. The molecule has 0 aliphatic rings. The lowest BCUT2D eigenvalue weighted by Crippen LogP contribution is -1.89. The van der Waals surface area contributed by atoms with Gasteiger partial charge in [-0.05, 0) is 24.3 Å². The molecule has 0 atom stereocenters. The van der Waals surface area contributed by atoms with Crippen LogP contribution in [-0.2, 0) is 0 Å². The van der Waals surface area contributed by atoms with Crippen LogP contribution < -0.4 is 4.74 Å². The minimum atomic E-state index is -0.532. The Hall–Kier alpha value is -1.76. The number of halogens is 3. The first-order chi connectivity index (χ1) is 8.60. The lowest BCUT2D eigenvalue weighted by molar-refractivity contribution is 0.479. The Balaban J connectivity index is 2.36. The molecule has 0 saturated heterocycles. The van der Waals surface area contributed by atoms with Crippen LogP contribution in [0.2, 0.25) is 10.0 Å². The molecule has 5 heteroatoms. The van der Waals surface area contributed by atoms with Crippen molar-refractivity contribution in [2.24, 2.45) is 0 Å². The van der Waals surface area contributed by atoms with E-state index >= 15 is 0 Å². The van der Waals surface area contributed by atoms with Crippen LogP contribution in [0.15, 0.2) is 36.4 Å². The highest BCUT2D eigenvalue weighted by Crippen LogP contribution is 2.30. The van der Waals surface area contributed by atoms with E-state index in [0.29, 0.717) is 22.1 Å². The Bertz CT molecular complexity index is 637. The van der Waals surface area contributed by atoms with E-state index in [9.17, 15) is 4.39 Å². The SMILES string of the molecule is N#Cc1ccc(Cl)cc1Oc1ccc(F)c(Cl)c1. The van der Waals surface area contributed by atoms with Gasteiger partial charge in [0.05, 0.1) is 10.6 Å². The van der Waals surface area contributed by atoms with Gasteiger partial charge < -0.3 is 4.74 Å². The summed E-state index contributed by atoms with van der Waals surface area (Å²) in [6.07, 6.45) is 0. The van der Waals surface area contributed by atoms with E-state index in [1.807, 2.05) is 6.07 Å². The van der Waals surface area contributed by atoms with Crippen molar-refractivity contribution in [2.75, 3.05) is 0 Å². The van der Waals surface area contributed by atoms with Crippen molar-refractivity contribution in [3.8, 4) is 17.6 Å². The maximum absolute atomic E-state index is 13.0. The van der Waals surface area contributed by atoms with Gasteiger partial charge in [0.15, 0.2) is 0 Å². The molecule has 2 rings (SSSR count). The number of hydrogen-bond acceptors (Lipinski definition) is 2. The Morgan fingerprint density at radius 1 is 1.11 bits per heavy atom. The highest BCUT2D eigenvalue weighted by atomic mass is 35.5. The van der Waals surface area contributed by atoms with Gasteiger partial charge in [-0.2, -0.15) is 5.26 Å². The molecule has 90 valence electrons. The molecule has 0 radical (unpaired) electrons. The average Bonchev–Trinajstić information content (AvgIpc) is 2.34. The van der Waals surface area contributed by atoms with Crippen LogP contribution in [-0.4, -0.2) is 0 Å². The lowest BCUT2D eigenvalue weighted by atomic mass is 10.2. The molecule has 0 fully saturated rings. The highest BCUT2D eigenvalue weighted by molar-refractivity contribution is 6.31. The van der Waals surface area contributed by atoms with E-state index in [2.05, 4.69) is 0 Å². The summed E-state index contributed by atoms with van der Waals surface area (Å²) in [6.45, 7) is 0. The number of ether oxygens (including phenoxy) is 1. The first-order valence-corrected chi connectivity index (χ1v) is 5.68. The van der Waals surface area contributed by atoms with Crippen molar-refractivity contribution < 1.29 is 9.13 Å². The maximum atomic E-state index is 13.0. The molecule has 2 aromatic rings. The van der Waals surface area contributed by atoms with E-state index < -0.39 is 5.82 Å². The molecule has 0 spiro atoms. The third-order valence-electron chi connectivity index (χ3n) is 2.18. The van der Waals surface area contributed by atoms with Crippen molar-refractivity contribution in [3.63, 3.8) is 0 Å². The number of rotatable bonds is 2. The number of benzene rings is 2. The smallest absolute Gasteiger partial charge is 0.146 e. The second kappa shape index (κ2) is 5.26. The summed E-state index contributed by atoms with van der Waals surface area (Å²) in [6, 6.07) is 10.6. The van der Waals surface area contributed by atoms with Crippen LogP contribution in [0, 0.1) is 17.1 Å². The van der Waals surface area contributed by atoms with Crippen LogP contribution in [0.3, 0.4) is 0 Å². The summed E-state index contributed by atoms with van der Waals surface area (Å²) in [4.78, 5) is 0. The Labute approximate surface area is 113 Å². The van der Waals surface area contributed by atoms with E-state index in [1.54, 1.807) is 12.1 Å². The van der Waals surface area contributed by atoms with E-state index in [0.717, 1.165) is 0 Å². The van der Waals surface area contributed by atoms with Gasteiger partial charge in [0, 0.05) is 17.2 Å². The third-order valence-corrected chi connectivity index (χ3v) is 2.71. The number of nitrogens with zero attached hydrogens (tertiary/aromatic N) is 1. The first-order valence-electron chi connectivity index (χ1n) is 4.92. The van der Waals surface area contributed by atoms with Crippen LogP contribution in [0.25, 0.3) is 0 Å². The van der Waals surface area contributed by atoms with Gasteiger partial charge in [0.1, 0.15) is 23.4 Å². The van der Waals surface area contributed by atoms with Gasteiger partial charge in [-0.3, -0.25) is 0 Å². The topological polar surface area (TPSA) is 33.0 Å². The zero-order valence-electron chi connectivity index (χ0n) is 8.95. The minimum Gasteiger partial charge on any atom is -0.456 e. The molecule has 2 aromatic carbocycles. The van der Waals surface area contributed by atoms with Crippen LogP contribution in [0.4, 0.5) is 4.39 Å². The molecule has 0 aliphatic heterocycles. The molecule has 0 unspecified atom stereocenters. The molecular weight excluding hydrogens is 276 g/mol. The summed E-state index contributed by atoms with van der Waals surface area (Å²) in [7, 11) is 0. The summed E-state index contributed by atoms with van der Waals surface area (Å²) in [5, 5.41) is 9.32. The van der Waals surface area contributed by atoms with Crippen molar-refractivity contribution in [3.05, 3.63) is 57.8 Å². The van der Waals surface area contributed by atoms with Gasteiger partial charge in [-0.25, -0.2) is 4.39 Å². The quantitative estimate of drug-likeness (QED) is 0.792. The van der Waals surface area contributed by atoms with Crippen molar-refractivity contribution >= 4 is 23.2 Å². The van der Waals surface area contributed by atoms with Gasteiger partial charge in [0.25, 0.3) is 0 Å². The standard InChI is InChI=1S/C13H6Cl2FNO/c14-9-2-1-8(7-17)13(5-9)18-10-3-4-12(16)11(15)6-10/h1-6H. The van der Waals surface area contributed by atoms with Gasteiger partial charge in [-0.15, -0.1) is 0 Å². The fourth-order valence-corrected chi connectivity index (χ4v) is 1.67. The van der Waals surface area contributed by atoms with Crippen molar-refractivity contribution in [1.82, 2.24) is 0 Å². The average molecular weight is 282 g/mol. The second-order valence-corrected chi connectivity index (χ2v) is 4.27. The van der Waals surface area contributed by atoms with Crippen LogP contribution >= 0.6 is 23.2 Å². The second-order valence-electron chi connectivity index (χ2n) is 3.43. The monoisotopic (exact) mass is 281 g/mol. The van der Waals surface area contributed by atoms with Gasteiger partial charge in [-0.1, -0.05) is 23.2 Å². The molecule has 2 nitrogen and oxygen atoms in total. The van der Waals surface area contributed by atoms with Crippen LogP contribution in [0.5, 0.6) is 11.5 Å². The molecule has 0 heterocycles. The summed E-state index contributed by atoms with van der Waals surface area (Å²) >= 11 is 11.5. The molecule has 0 aliphatic carbocycles. The fourth-order valence-electron chi connectivity index (χ4n) is 1.34. The molecule has 18 heavy (non-hydrogen) atoms. The molecule has 0 saturated carbocycles. The van der Waals surface area contributed by atoms with Crippen molar-refractivity contribution in [1.29, 1.82) is 5.26 Å². The van der Waals surface area contributed by atoms with Crippen molar-refractivity contribution in [2.45, 2.75) is 0 Å². The zero-order chi connectivity index (χ0) is 13.1. The van der Waals surface area contributed by atoms with Gasteiger partial charge in [0.2, 0.25) is 0 Å². The maximum Gasteiger partial charge on any atom is 0.146 e. The molecule has 0 N–H and O–H groups in total. The van der Waals surface area contributed by atoms with E-state index in [-0.39, 0.29) is 5.02 Å². The van der Waals surface area contributed by atoms with E-state index in [4.69, 9.17) is 33.2 Å². The summed E-state index contributed by atoms with van der Waals surface area (Å²) in [5.41, 5.74) is 0.333. The first kappa shape index (κ1) is 12.7. The predicted octanol–water partition coefficient (Wildman–Crippen LogP) is 4.80. The fraction of sp³-hybridized carbons (Fsp3) is 0. The Kier molecular flexibility index (Phi) is 3.71. The minimum absolute atomic E-state index is 0.0481. The Morgan fingerprint density at radius 2 is 1.89 bits per heavy atom. The highest BCUT2D eigenvalue weighted by Gasteiger charge is 2.07. The van der Waals surface area contributed by atoms with Gasteiger partial charge >= 0.3 is 0 Å². The Morgan fingerprint density at radius 3 is 2.56 bits per heavy atom. The molecule has 0 aromatic heterocycles.